The van der Waals surface area contributed by atoms with Gasteiger partial charge in [-0.05, 0) is 81.4 Å². The van der Waals surface area contributed by atoms with Crippen LogP contribution < -0.4 is 4.74 Å². The van der Waals surface area contributed by atoms with Crippen molar-refractivity contribution in [3.63, 3.8) is 0 Å². The Bertz CT molecular complexity index is 1010. The number of benzene rings is 1. The van der Waals surface area contributed by atoms with Gasteiger partial charge < -0.3 is 29.5 Å². The Morgan fingerprint density at radius 2 is 1.71 bits per heavy atom. The molecule has 0 amide bonds. The molecule has 0 unspecified atom stereocenters. The molecule has 0 radical (unpaired) electrons. The summed E-state index contributed by atoms with van der Waals surface area (Å²) in [5.41, 5.74) is 5.50. The number of phenolic OH excluding ortho intramolecular Hbond substituents is 1. The predicted octanol–water partition coefficient (Wildman–Crippen LogP) is 4.55. The molecule has 0 saturated carbocycles. The van der Waals surface area contributed by atoms with Crippen molar-refractivity contribution in [1.82, 2.24) is 0 Å². The molecular formula is C28H40O7. The summed E-state index contributed by atoms with van der Waals surface area (Å²) in [4.78, 5) is 11.6. The second-order valence-corrected chi connectivity index (χ2v) is 11.1. The van der Waals surface area contributed by atoms with Gasteiger partial charge in [-0.3, -0.25) is 4.79 Å². The van der Waals surface area contributed by atoms with Crippen LogP contribution >= 0.6 is 0 Å². The zero-order valence-corrected chi connectivity index (χ0v) is 21.9. The van der Waals surface area contributed by atoms with Gasteiger partial charge in [-0.2, -0.15) is 0 Å². The van der Waals surface area contributed by atoms with Gasteiger partial charge in [-0.15, -0.1) is 0 Å². The predicted molar refractivity (Wildman–Crippen MR) is 132 cm³/mol. The fourth-order valence-electron chi connectivity index (χ4n) is 6.45. The van der Waals surface area contributed by atoms with E-state index in [9.17, 15) is 20.1 Å². The van der Waals surface area contributed by atoms with Gasteiger partial charge >= 0.3 is 5.97 Å². The van der Waals surface area contributed by atoms with Crippen molar-refractivity contribution in [1.29, 1.82) is 0 Å². The van der Waals surface area contributed by atoms with E-state index in [-0.39, 0.29) is 17.6 Å². The Hall–Kier alpha value is -2.09. The van der Waals surface area contributed by atoms with E-state index in [1.165, 1.54) is 23.6 Å². The quantitative estimate of drug-likeness (QED) is 0.422. The lowest BCUT2D eigenvalue weighted by Gasteiger charge is -2.45. The Labute approximate surface area is 208 Å². The molecule has 7 nitrogen and oxygen atoms in total. The van der Waals surface area contributed by atoms with Crippen LogP contribution in [-0.4, -0.2) is 52.0 Å². The average Bonchev–Trinajstić information content (AvgIpc) is 2.76. The molecule has 7 heteroatoms. The van der Waals surface area contributed by atoms with Crippen molar-refractivity contribution in [2.75, 3.05) is 0 Å². The van der Waals surface area contributed by atoms with Crippen molar-refractivity contribution < 1.29 is 34.3 Å². The second-order valence-electron chi connectivity index (χ2n) is 11.1. The third kappa shape index (κ3) is 4.58. The summed E-state index contributed by atoms with van der Waals surface area (Å²) in [5, 5.41) is 32.8. The number of carbonyl (C=O) groups is 1. The van der Waals surface area contributed by atoms with E-state index in [0.717, 1.165) is 30.4 Å². The second kappa shape index (κ2) is 9.75. The summed E-state index contributed by atoms with van der Waals surface area (Å²) in [5.74, 6) is 1.04. The number of rotatable bonds is 4. The molecule has 35 heavy (non-hydrogen) atoms. The van der Waals surface area contributed by atoms with E-state index < -0.39 is 36.7 Å². The molecule has 2 aliphatic carbocycles. The SMILES string of the molecule is CC(=O)O[C@@H]1[C@H](O)[C@@H](Oc2c(O)c(C)c3c4c2[C@H](C)CC[C@H]4[C@H](C)C[C@H]3C=C(C)C)O[C@H](C)[C@H]1O. The van der Waals surface area contributed by atoms with E-state index >= 15 is 0 Å². The Kier molecular flexibility index (Phi) is 7.24. The van der Waals surface area contributed by atoms with E-state index in [1.54, 1.807) is 6.92 Å². The fraction of sp³-hybridized carbons (Fsp3) is 0.679. The number of hydrogen-bond acceptors (Lipinski definition) is 7. The molecule has 1 aromatic rings. The molecule has 9 atom stereocenters. The third-order valence-corrected chi connectivity index (χ3v) is 8.11. The zero-order chi connectivity index (χ0) is 25.8. The Morgan fingerprint density at radius 1 is 1.03 bits per heavy atom. The minimum atomic E-state index is -1.42. The molecule has 194 valence electrons. The van der Waals surface area contributed by atoms with Gasteiger partial charge in [0, 0.05) is 18.4 Å². The molecule has 1 saturated heterocycles. The van der Waals surface area contributed by atoms with Crippen molar-refractivity contribution >= 4 is 5.97 Å². The Balaban J connectivity index is 1.82. The van der Waals surface area contributed by atoms with Gasteiger partial charge in [0.15, 0.2) is 23.7 Å². The van der Waals surface area contributed by atoms with Gasteiger partial charge in [0.2, 0.25) is 6.29 Å². The first-order valence-corrected chi connectivity index (χ1v) is 12.8. The molecule has 1 aliphatic heterocycles. The lowest BCUT2D eigenvalue weighted by Crippen LogP contribution is -2.59. The highest BCUT2D eigenvalue weighted by molar-refractivity contribution is 5.66. The number of esters is 1. The number of aliphatic hydroxyl groups is 2. The minimum absolute atomic E-state index is 0.0616. The van der Waals surface area contributed by atoms with Crippen LogP contribution in [0.4, 0.5) is 0 Å². The molecule has 1 heterocycles. The lowest BCUT2D eigenvalue weighted by molar-refractivity contribution is -0.272. The normalized spacial score (nSPS) is 36.2. The minimum Gasteiger partial charge on any atom is -0.504 e. The zero-order valence-electron chi connectivity index (χ0n) is 21.9. The third-order valence-electron chi connectivity index (χ3n) is 8.11. The summed E-state index contributed by atoms with van der Waals surface area (Å²) in [6.07, 6.45) is -0.334. The first-order chi connectivity index (χ1) is 16.4. The first kappa shape index (κ1) is 26.0. The molecular weight excluding hydrogens is 448 g/mol. The van der Waals surface area contributed by atoms with E-state index in [2.05, 4.69) is 33.8 Å². The summed E-state index contributed by atoms with van der Waals surface area (Å²) < 4.78 is 17.3. The molecule has 3 aliphatic rings. The fourth-order valence-corrected chi connectivity index (χ4v) is 6.45. The molecule has 0 bridgehead atoms. The molecule has 3 N–H and O–H groups in total. The van der Waals surface area contributed by atoms with E-state index in [0.29, 0.717) is 17.6 Å². The largest absolute Gasteiger partial charge is 0.504 e. The van der Waals surface area contributed by atoms with Gasteiger partial charge in [-0.1, -0.05) is 25.5 Å². The highest BCUT2D eigenvalue weighted by Crippen LogP contribution is 2.58. The lowest BCUT2D eigenvalue weighted by atomic mass is 9.62. The van der Waals surface area contributed by atoms with Crippen LogP contribution in [0, 0.1) is 12.8 Å². The van der Waals surface area contributed by atoms with Crippen LogP contribution in [0.3, 0.4) is 0 Å². The highest BCUT2D eigenvalue weighted by atomic mass is 16.7. The summed E-state index contributed by atoms with van der Waals surface area (Å²) in [7, 11) is 0. The number of aliphatic hydroxyl groups excluding tert-OH is 2. The van der Waals surface area contributed by atoms with Crippen LogP contribution in [0.1, 0.15) is 101 Å². The van der Waals surface area contributed by atoms with Gasteiger partial charge in [0.25, 0.3) is 0 Å². The standard InChI is InChI=1S/C28H40O7/c1-12(2)10-18-11-14(4)19-9-8-13(3)20-22(19)21(18)15(5)23(30)26(20)35-28-25(32)27(34-17(7)29)24(31)16(6)33-28/h10,13-14,16,18-19,24-25,27-28,30-32H,8-9,11H2,1-7H3/t13-,14-,16-,18-,19+,24-,25+,27+,28-/m1/s1. The highest BCUT2D eigenvalue weighted by Gasteiger charge is 2.48. The van der Waals surface area contributed by atoms with Crippen LogP contribution in [0.5, 0.6) is 11.5 Å². The Morgan fingerprint density at radius 3 is 2.34 bits per heavy atom. The number of ether oxygens (including phenoxy) is 3. The van der Waals surface area contributed by atoms with Crippen molar-refractivity contribution in [3.05, 3.63) is 33.9 Å². The molecule has 1 fully saturated rings. The van der Waals surface area contributed by atoms with Crippen molar-refractivity contribution in [2.45, 2.75) is 116 Å². The van der Waals surface area contributed by atoms with Crippen molar-refractivity contribution in [2.24, 2.45) is 5.92 Å². The van der Waals surface area contributed by atoms with E-state index in [1.807, 2.05) is 6.92 Å². The monoisotopic (exact) mass is 488 g/mol. The van der Waals surface area contributed by atoms with Crippen molar-refractivity contribution in [3.8, 4) is 11.5 Å². The molecule has 0 aromatic heterocycles. The molecule has 0 spiro atoms. The number of allylic oxidation sites excluding steroid dienone is 2. The number of hydrogen-bond donors (Lipinski definition) is 3. The van der Waals surface area contributed by atoms with Gasteiger partial charge in [0.05, 0.1) is 6.10 Å². The topological polar surface area (TPSA) is 105 Å². The number of aromatic hydroxyl groups is 1. The molecule has 1 aromatic carbocycles. The maximum absolute atomic E-state index is 11.6. The van der Waals surface area contributed by atoms with Crippen LogP contribution in [0.15, 0.2) is 11.6 Å². The summed E-state index contributed by atoms with van der Waals surface area (Å²) in [6, 6.07) is 0. The maximum atomic E-state index is 11.6. The first-order valence-electron chi connectivity index (χ1n) is 12.8. The number of phenols is 1. The average molecular weight is 489 g/mol. The molecule has 4 rings (SSSR count). The number of carbonyl (C=O) groups excluding carboxylic acids is 1. The van der Waals surface area contributed by atoms with Crippen LogP contribution in [0.25, 0.3) is 0 Å². The van der Waals surface area contributed by atoms with Gasteiger partial charge in [0.1, 0.15) is 6.10 Å². The maximum Gasteiger partial charge on any atom is 0.303 e. The summed E-state index contributed by atoms with van der Waals surface area (Å²) in [6.45, 7) is 13.5. The van der Waals surface area contributed by atoms with Crippen LogP contribution in [-0.2, 0) is 14.3 Å². The van der Waals surface area contributed by atoms with Gasteiger partial charge in [-0.25, -0.2) is 0 Å². The van der Waals surface area contributed by atoms with Crippen LogP contribution in [0.2, 0.25) is 0 Å². The summed E-state index contributed by atoms with van der Waals surface area (Å²) >= 11 is 0. The van der Waals surface area contributed by atoms with E-state index in [4.69, 9.17) is 14.2 Å². The smallest absolute Gasteiger partial charge is 0.303 e.